The lowest BCUT2D eigenvalue weighted by molar-refractivity contribution is -0.115. The number of benzene rings is 2. The molecule has 0 aliphatic carbocycles. The summed E-state index contributed by atoms with van der Waals surface area (Å²) in [6.45, 7) is 3.58. The number of imidazole rings is 1. The highest BCUT2D eigenvalue weighted by Crippen LogP contribution is 2.27. The minimum Gasteiger partial charge on any atom is -0.323 e. The number of para-hydroxylation sites is 1. The predicted octanol–water partition coefficient (Wildman–Crippen LogP) is 4.72. The molecule has 1 atom stereocenters. The number of thioether (sulfide) groups is 1. The third kappa shape index (κ3) is 4.00. The molecule has 0 radical (unpaired) electrons. The Morgan fingerprint density at radius 3 is 2.63 bits per heavy atom. The number of rotatable bonds is 5. The van der Waals surface area contributed by atoms with E-state index in [0.29, 0.717) is 5.16 Å². The minimum atomic E-state index is -1.62. The zero-order valence-electron chi connectivity index (χ0n) is 14.5. The summed E-state index contributed by atoms with van der Waals surface area (Å²) in [6, 6.07) is 9.47. The number of carbonyl (C=O) groups excluding carboxylic acids is 1. The van der Waals surface area contributed by atoms with Crippen molar-refractivity contribution in [2.45, 2.75) is 24.3 Å². The maximum atomic E-state index is 13.7. The monoisotopic (exact) mass is 391 g/mol. The molecule has 1 heterocycles. The Morgan fingerprint density at radius 1 is 1.15 bits per heavy atom. The third-order valence-corrected chi connectivity index (χ3v) is 5.01. The van der Waals surface area contributed by atoms with Crippen LogP contribution in [0.3, 0.4) is 0 Å². The van der Waals surface area contributed by atoms with Crippen LogP contribution in [0.2, 0.25) is 0 Å². The number of aryl methyl sites for hydroxylation is 1. The number of nitrogens with one attached hydrogen (secondary N) is 1. The molecule has 0 spiro atoms. The van der Waals surface area contributed by atoms with Gasteiger partial charge in [0.05, 0.1) is 16.6 Å². The van der Waals surface area contributed by atoms with Crippen LogP contribution in [0, 0.1) is 24.4 Å². The van der Waals surface area contributed by atoms with Crippen LogP contribution in [0.25, 0.3) is 5.69 Å². The highest BCUT2D eigenvalue weighted by molar-refractivity contribution is 8.00. The summed E-state index contributed by atoms with van der Waals surface area (Å²) < 4.78 is 41.9. The molecule has 0 aliphatic heterocycles. The second-order valence-corrected chi connectivity index (χ2v) is 7.15. The summed E-state index contributed by atoms with van der Waals surface area (Å²) in [5.41, 5.74) is 1.56. The van der Waals surface area contributed by atoms with E-state index in [1.54, 1.807) is 19.3 Å². The number of anilines is 1. The Kier molecular flexibility index (Phi) is 5.55. The first-order valence-corrected chi connectivity index (χ1v) is 8.97. The summed E-state index contributed by atoms with van der Waals surface area (Å²) in [4.78, 5) is 16.6. The Bertz CT molecular complexity index is 990. The molecule has 1 N–H and O–H groups in total. The number of nitrogens with zero attached hydrogens (tertiary/aromatic N) is 2. The van der Waals surface area contributed by atoms with Crippen molar-refractivity contribution in [3.05, 3.63) is 71.8 Å². The molecule has 2 aromatic carbocycles. The fourth-order valence-corrected chi connectivity index (χ4v) is 3.34. The lowest BCUT2D eigenvalue weighted by atomic mass is 10.2. The topological polar surface area (TPSA) is 46.9 Å². The molecule has 0 saturated heterocycles. The molecule has 0 saturated carbocycles. The zero-order chi connectivity index (χ0) is 19.6. The molecule has 140 valence electrons. The molecule has 4 nitrogen and oxygen atoms in total. The summed E-state index contributed by atoms with van der Waals surface area (Å²) in [7, 11) is 0. The number of hydrogen-bond donors (Lipinski definition) is 1. The van der Waals surface area contributed by atoms with Gasteiger partial charge in [0.25, 0.3) is 0 Å². The Labute approximate surface area is 158 Å². The summed E-state index contributed by atoms with van der Waals surface area (Å²) in [5, 5.41) is 2.21. The van der Waals surface area contributed by atoms with Gasteiger partial charge in [0.15, 0.2) is 22.6 Å². The van der Waals surface area contributed by atoms with Crippen LogP contribution in [0.5, 0.6) is 0 Å². The lowest BCUT2D eigenvalue weighted by Crippen LogP contribution is -2.23. The van der Waals surface area contributed by atoms with Crippen LogP contribution in [-0.4, -0.2) is 20.7 Å². The van der Waals surface area contributed by atoms with E-state index in [-0.39, 0.29) is 0 Å². The first-order valence-electron chi connectivity index (χ1n) is 8.09. The zero-order valence-corrected chi connectivity index (χ0v) is 15.4. The smallest absolute Gasteiger partial charge is 0.237 e. The van der Waals surface area contributed by atoms with Crippen molar-refractivity contribution < 1.29 is 18.0 Å². The van der Waals surface area contributed by atoms with Gasteiger partial charge in [-0.05, 0) is 37.6 Å². The van der Waals surface area contributed by atoms with Crippen LogP contribution in [-0.2, 0) is 4.79 Å². The van der Waals surface area contributed by atoms with Crippen molar-refractivity contribution >= 4 is 23.4 Å². The number of halogens is 3. The number of aromatic nitrogens is 2. The van der Waals surface area contributed by atoms with Crippen molar-refractivity contribution in [2.24, 2.45) is 0 Å². The Morgan fingerprint density at radius 2 is 1.89 bits per heavy atom. The van der Waals surface area contributed by atoms with Crippen molar-refractivity contribution in [1.82, 2.24) is 9.55 Å². The first-order chi connectivity index (χ1) is 12.9. The van der Waals surface area contributed by atoms with Gasteiger partial charge in [-0.3, -0.25) is 9.36 Å². The third-order valence-electron chi connectivity index (χ3n) is 3.93. The van der Waals surface area contributed by atoms with Crippen LogP contribution in [0.15, 0.2) is 53.9 Å². The predicted molar refractivity (Wildman–Crippen MR) is 98.6 cm³/mol. The van der Waals surface area contributed by atoms with Crippen molar-refractivity contribution in [3.63, 3.8) is 0 Å². The van der Waals surface area contributed by atoms with Gasteiger partial charge in [0, 0.05) is 12.4 Å². The summed E-state index contributed by atoms with van der Waals surface area (Å²) in [6.07, 6.45) is 3.40. The normalized spacial score (nSPS) is 12.0. The van der Waals surface area contributed by atoms with E-state index in [0.717, 1.165) is 23.4 Å². The molecule has 3 rings (SSSR count). The van der Waals surface area contributed by atoms with Crippen LogP contribution in [0.4, 0.5) is 18.9 Å². The van der Waals surface area contributed by atoms with Gasteiger partial charge in [0.2, 0.25) is 5.91 Å². The summed E-state index contributed by atoms with van der Waals surface area (Å²) in [5.74, 6) is -4.91. The maximum absolute atomic E-state index is 13.7. The van der Waals surface area contributed by atoms with Crippen molar-refractivity contribution in [2.75, 3.05) is 5.32 Å². The molecule has 3 aromatic rings. The minimum absolute atomic E-state index is 0.409. The van der Waals surface area contributed by atoms with Crippen LogP contribution < -0.4 is 5.32 Å². The van der Waals surface area contributed by atoms with Gasteiger partial charge < -0.3 is 5.32 Å². The van der Waals surface area contributed by atoms with Gasteiger partial charge in [0.1, 0.15) is 0 Å². The van der Waals surface area contributed by atoms with E-state index in [1.165, 1.54) is 11.8 Å². The van der Waals surface area contributed by atoms with Gasteiger partial charge in [-0.1, -0.05) is 30.0 Å². The van der Waals surface area contributed by atoms with E-state index in [4.69, 9.17) is 0 Å². The number of carbonyl (C=O) groups is 1. The molecule has 1 unspecified atom stereocenters. The maximum Gasteiger partial charge on any atom is 0.237 e. The summed E-state index contributed by atoms with van der Waals surface area (Å²) >= 11 is 1.17. The first kappa shape index (κ1) is 19.0. The van der Waals surface area contributed by atoms with E-state index < -0.39 is 34.3 Å². The highest BCUT2D eigenvalue weighted by Gasteiger charge is 2.21. The molecule has 1 aromatic heterocycles. The average molecular weight is 391 g/mol. The highest BCUT2D eigenvalue weighted by atomic mass is 32.2. The largest absolute Gasteiger partial charge is 0.323 e. The molecule has 1 amide bonds. The number of hydrogen-bond acceptors (Lipinski definition) is 3. The molecular formula is C19H16F3N3OS. The average Bonchev–Trinajstić information content (AvgIpc) is 3.10. The molecule has 27 heavy (non-hydrogen) atoms. The lowest BCUT2D eigenvalue weighted by Gasteiger charge is -2.14. The van der Waals surface area contributed by atoms with Crippen molar-refractivity contribution in [3.8, 4) is 5.69 Å². The van der Waals surface area contributed by atoms with E-state index in [9.17, 15) is 18.0 Å². The van der Waals surface area contributed by atoms with Crippen molar-refractivity contribution in [1.29, 1.82) is 0 Å². The second-order valence-electron chi connectivity index (χ2n) is 5.84. The van der Waals surface area contributed by atoms with E-state index >= 15 is 0 Å². The van der Waals surface area contributed by atoms with Gasteiger partial charge in [-0.2, -0.15) is 0 Å². The van der Waals surface area contributed by atoms with Gasteiger partial charge in [-0.25, -0.2) is 18.2 Å². The fourth-order valence-electron chi connectivity index (χ4n) is 2.46. The molecule has 0 bridgehead atoms. The SMILES string of the molecule is Cc1ccccc1-n1ccnc1SC(C)C(=O)Nc1ccc(F)c(F)c1F. The van der Waals surface area contributed by atoms with Crippen LogP contribution >= 0.6 is 11.8 Å². The quantitative estimate of drug-likeness (QED) is 0.506. The number of amides is 1. The fraction of sp³-hybridized carbons (Fsp3) is 0.158. The van der Waals surface area contributed by atoms with E-state index in [2.05, 4.69) is 10.3 Å². The Balaban J connectivity index is 1.76. The molecule has 0 fully saturated rings. The van der Waals surface area contributed by atoms with Gasteiger partial charge >= 0.3 is 0 Å². The molecule has 0 aliphatic rings. The molecular weight excluding hydrogens is 375 g/mol. The van der Waals surface area contributed by atoms with Crippen LogP contribution in [0.1, 0.15) is 12.5 Å². The standard InChI is InChI=1S/C19H16F3N3OS/c1-11-5-3-4-6-15(11)25-10-9-23-19(25)27-12(2)18(26)24-14-8-7-13(20)16(21)17(14)22/h3-10,12H,1-2H3,(H,24,26). The van der Waals surface area contributed by atoms with E-state index in [1.807, 2.05) is 35.8 Å². The van der Waals surface area contributed by atoms with Gasteiger partial charge in [-0.15, -0.1) is 0 Å². The Hall–Kier alpha value is -2.74. The molecule has 8 heteroatoms. The second kappa shape index (κ2) is 7.87.